The lowest BCUT2D eigenvalue weighted by molar-refractivity contribution is -0.909. The monoisotopic (exact) mass is 400 g/mol. The van der Waals surface area contributed by atoms with Gasteiger partial charge in [-0.15, -0.1) is 0 Å². The first-order valence-corrected chi connectivity index (χ1v) is 10.3. The molecule has 0 bridgehead atoms. The Bertz CT molecular complexity index is 743. The third-order valence-corrected chi connectivity index (χ3v) is 5.12. The van der Waals surface area contributed by atoms with Crippen molar-refractivity contribution in [2.24, 2.45) is 0 Å². The fourth-order valence-electron chi connectivity index (χ4n) is 3.33. The van der Waals surface area contributed by atoms with Gasteiger partial charge in [0.05, 0.1) is 19.8 Å². The molecule has 0 saturated carbocycles. The normalized spacial score (nSPS) is 15.6. The molecule has 2 aromatic rings. The van der Waals surface area contributed by atoms with Crippen molar-refractivity contribution in [1.82, 2.24) is 5.32 Å². The number of rotatable bonds is 7. The number of quaternary nitrogens is 1. The Morgan fingerprint density at radius 1 is 1.11 bits per heavy atom. The maximum atomic E-state index is 5.60. The molecule has 0 unspecified atom stereocenters. The molecule has 0 amide bonds. The zero-order chi connectivity index (χ0) is 19.8. The summed E-state index contributed by atoms with van der Waals surface area (Å²) in [5, 5.41) is 7.43. The van der Waals surface area contributed by atoms with E-state index in [0.29, 0.717) is 11.7 Å². The molecule has 0 radical (unpaired) electrons. The highest BCUT2D eigenvalue weighted by molar-refractivity contribution is 7.80. The molecule has 1 saturated heterocycles. The molecule has 5 nitrogen and oxygen atoms in total. The number of thiocarbonyl (C=S) groups is 1. The van der Waals surface area contributed by atoms with E-state index in [4.69, 9.17) is 21.7 Å². The summed E-state index contributed by atoms with van der Waals surface area (Å²) in [7, 11) is 0. The van der Waals surface area contributed by atoms with Gasteiger partial charge in [0, 0.05) is 5.69 Å². The number of aryl methyl sites for hydroxylation is 1. The van der Waals surface area contributed by atoms with E-state index in [2.05, 4.69) is 41.8 Å². The molecule has 6 heteroatoms. The Labute approximate surface area is 173 Å². The summed E-state index contributed by atoms with van der Waals surface area (Å²) in [6, 6.07) is 16.7. The van der Waals surface area contributed by atoms with E-state index in [1.54, 1.807) is 0 Å². The van der Waals surface area contributed by atoms with Crippen molar-refractivity contribution in [2.45, 2.75) is 19.9 Å². The number of morpholine rings is 1. The molecule has 1 atom stereocenters. The minimum absolute atomic E-state index is 0.149. The molecule has 3 N–H and O–H groups in total. The summed E-state index contributed by atoms with van der Waals surface area (Å²) in [5.41, 5.74) is 3.46. The van der Waals surface area contributed by atoms with Crippen LogP contribution in [0.5, 0.6) is 5.75 Å². The van der Waals surface area contributed by atoms with Crippen LogP contribution in [0, 0.1) is 6.92 Å². The summed E-state index contributed by atoms with van der Waals surface area (Å²) >= 11 is 5.60. The van der Waals surface area contributed by atoms with Gasteiger partial charge in [0.2, 0.25) is 0 Å². The van der Waals surface area contributed by atoms with Crippen LogP contribution in [0.15, 0.2) is 48.5 Å². The van der Waals surface area contributed by atoms with Crippen LogP contribution in [0.4, 0.5) is 5.69 Å². The van der Waals surface area contributed by atoms with Gasteiger partial charge in [0.25, 0.3) is 0 Å². The van der Waals surface area contributed by atoms with Crippen LogP contribution in [0.1, 0.15) is 24.1 Å². The molecule has 1 fully saturated rings. The molecule has 28 heavy (non-hydrogen) atoms. The predicted octanol–water partition coefficient (Wildman–Crippen LogP) is 2.34. The van der Waals surface area contributed by atoms with Gasteiger partial charge in [-0.1, -0.05) is 29.8 Å². The maximum absolute atomic E-state index is 5.60. The Balaban J connectivity index is 1.65. The van der Waals surface area contributed by atoms with Crippen molar-refractivity contribution in [3.8, 4) is 5.75 Å². The third kappa shape index (κ3) is 6.19. The average Bonchev–Trinajstić information content (AvgIpc) is 2.70. The highest BCUT2D eigenvalue weighted by atomic mass is 32.1. The molecule has 150 valence electrons. The lowest BCUT2D eigenvalue weighted by atomic mass is 10.0. The van der Waals surface area contributed by atoms with E-state index in [0.717, 1.165) is 44.3 Å². The molecular weight excluding hydrogens is 370 g/mol. The first-order valence-electron chi connectivity index (χ1n) is 9.92. The number of benzene rings is 2. The van der Waals surface area contributed by atoms with Gasteiger partial charge in [-0.05, 0) is 55.9 Å². The van der Waals surface area contributed by atoms with Crippen LogP contribution in [-0.2, 0) is 4.74 Å². The first-order chi connectivity index (χ1) is 13.6. The SMILES string of the molecule is CCOc1ccc(NC(=S)N[C@@H](C[NH+]2CCOCC2)c2ccc(C)cc2)cc1. The minimum Gasteiger partial charge on any atom is -0.494 e. The van der Waals surface area contributed by atoms with Crippen LogP contribution < -0.4 is 20.3 Å². The minimum atomic E-state index is 0.149. The molecule has 0 aliphatic carbocycles. The van der Waals surface area contributed by atoms with E-state index in [1.165, 1.54) is 16.0 Å². The van der Waals surface area contributed by atoms with Gasteiger partial charge < -0.3 is 25.0 Å². The average molecular weight is 401 g/mol. The molecular formula is C22H30N3O2S+. The molecule has 1 aliphatic heterocycles. The quantitative estimate of drug-likeness (QED) is 0.623. The fourth-order valence-corrected chi connectivity index (χ4v) is 3.59. The predicted molar refractivity (Wildman–Crippen MR) is 117 cm³/mol. The third-order valence-electron chi connectivity index (χ3n) is 4.90. The van der Waals surface area contributed by atoms with E-state index in [1.807, 2.05) is 31.2 Å². The summed E-state index contributed by atoms with van der Waals surface area (Å²) in [5.74, 6) is 0.861. The number of nitrogens with one attached hydrogen (secondary N) is 3. The Kier molecular flexibility index (Phi) is 7.65. The molecule has 1 heterocycles. The van der Waals surface area contributed by atoms with E-state index >= 15 is 0 Å². The second-order valence-corrected chi connectivity index (χ2v) is 7.49. The number of ether oxygens (including phenoxy) is 2. The highest BCUT2D eigenvalue weighted by Crippen LogP contribution is 2.17. The topological polar surface area (TPSA) is 47.0 Å². The van der Waals surface area contributed by atoms with Gasteiger partial charge in [-0.25, -0.2) is 0 Å². The highest BCUT2D eigenvalue weighted by Gasteiger charge is 2.22. The Hall–Kier alpha value is -2.15. The van der Waals surface area contributed by atoms with Crippen LogP contribution in [0.25, 0.3) is 0 Å². The van der Waals surface area contributed by atoms with Gasteiger partial charge in [-0.3, -0.25) is 0 Å². The van der Waals surface area contributed by atoms with E-state index < -0.39 is 0 Å². The van der Waals surface area contributed by atoms with Crippen molar-refractivity contribution in [3.63, 3.8) is 0 Å². The zero-order valence-corrected chi connectivity index (χ0v) is 17.5. The Morgan fingerprint density at radius 2 is 1.79 bits per heavy atom. The van der Waals surface area contributed by atoms with Crippen LogP contribution in [0.3, 0.4) is 0 Å². The van der Waals surface area contributed by atoms with Crippen LogP contribution >= 0.6 is 12.2 Å². The summed E-state index contributed by atoms with van der Waals surface area (Å²) in [4.78, 5) is 1.54. The molecule has 0 aromatic heterocycles. The van der Waals surface area contributed by atoms with Crippen molar-refractivity contribution >= 4 is 23.0 Å². The van der Waals surface area contributed by atoms with E-state index in [-0.39, 0.29) is 6.04 Å². The molecule has 2 aromatic carbocycles. The number of anilines is 1. The number of hydrogen-bond acceptors (Lipinski definition) is 3. The lowest BCUT2D eigenvalue weighted by Crippen LogP contribution is -3.14. The Morgan fingerprint density at radius 3 is 2.43 bits per heavy atom. The molecule has 3 rings (SSSR count). The zero-order valence-electron chi connectivity index (χ0n) is 16.7. The van der Waals surface area contributed by atoms with Crippen molar-refractivity contribution in [1.29, 1.82) is 0 Å². The molecule has 0 spiro atoms. The fraction of sp³-hybridized carbons (Fsp3) is 0.409. The molecule has 1 aliphatic rings. The van der Waals surface area contributed by atoms with Crippen molar-refractivity contribution < 1.29 is 14.4 Å². The van der Waals surface area contributed by atoms with Crippen LogP contribution in [0.2, 0.25) is 0 Å². The van der Waals surface area contributed by atoms with Crippen LogP contribution in [-0.4, -0.2) is 44.6 Å². The number of hydrogen-bond donors (Lipinski definition) is 3. The second-order valence-electron chi connectivity index (χ2n) is 7.09. The standard InChI is InChI=1S/C22H29N3O2S/c1-3-27-20-10-8-19(9-11-20)23-22(28)24-21(16-25-12-14-26-15-13-25)18-6-4-17(2)5-7-18/h4-11,21H,3,12-16H2,1-2H3,(H2,23,24,28)/p+1/t21-/m0/s1. The lowest BCUT2D eigenvalue weighted by Gasteiger charge is -2.29. The van der Waals surface area contributed by atoms with Gasteiger partial charge in [-0.2, -0.15) is 0 Å². The summed E-state index contributed by atoms with van der Waals surface area (Å²) < 4.78 is 11.0. The van der Waals surface area contributed by atoms with Crippen molar-refractivity contribution in [3.05, 3.63) is 59.7 Å². The van der Waals surface area contributed by atoms with Gasteiger partial charge in [0.15, 0.2) is 5.11 Å². The summed E-state index contributed by atoms with van der Waals surface area (Å²) in [6.07, 6.45) is 0. The smallest absolute Gasteiger partial charge is 0.171 e. The summed E-state index contributed by atoms with van der Waals surface area (Å²) in [6.45, 7) is 9.43. The first kappa shape index (κ1) is 20.6. The van der Waals surface area contributed by atoms with Crippen molar-refractivity contribution in [2.75, 3.05) is 44.8 Å². The maximum Gasteiger partial charge on any atom is 0.171 e. The van der Waals surface area contributed by atoms with Gasteiger partial charge >= 0.3 is 0 Å². The largest absolute Gasteiger partial charge is 0.494 e. The van der Waals surface area contributed by atoms with E-state index in [9.17, 15) is 0 Å². The second kappa shape index (κ2) is 10.4. The van der Waals surface area contributed by atoms with Gasteiger partial charge in [0.1, 0.15) is 31.4 Å².